The molecule has 0 aliphatic heterocycles. The highest BCUT2D eigenvalue weighted by atomic mass is 79.9. The van der Waals surface area contributed by atoms with Crippen molar-refractivity contribution in [2.75, 3.05) is 31.2 Å². The Kier molecular flexibility index (Phi) is 6.36. The van der Waals surface area contributed by atoms with Crippen LogP contribution >= 0.6 is 15.9 Å². The average molecular weight is 314 g/mol. The minimum Gasteiger partial charge on any atom is -0.380 e. The number of halogens is 1. The average Bonchev–Trinajstić information content (AvgIpc) is 2.34. The molecule has 0 N–H and O–H groups in total. The van der Waals surface area contributed by atoms with Crippen LogP contribution in [0.3, 0.4) is 0 Å². The standard InChI is InChI=1S/C14H20BrNO2/c1-4-16(8-9-18-5-2)12-6-7-13(11(3)17)14(15)10-12/h6-7,10H,4-5,8-9H2,1-3H3. The predicted octanol–water partition coefficient (Wildman–Crippen LogP) is 3.51. The molecule has 0 bridgehead atoms. The van der Waals surface area contributed by atoms with Gasteiger partial charge < -0.3 is 9.64 Å². The highest BCUT2D eigenvalue weighted by Crippen LogP contribution is 2.24. The van der Waals surface area contributed by atoms with Gasteiger partial charge in [-0.2, -0.15) is 0 Å². The van der Waals surface area contributed by atoms with Crippen molar-refractivity contribution in [1.82, 2.24) is 0 Å². The topological polar surface area (TPSA) is 29.5 Å². The fraction of sp³-hybridized carbons (Fsp3) is 0.500. The Morgan fingerprint density at radius 1 is 1.39 bits per heavy atom. The van der Waals surface area contributed by atoms with Gasteiger partial charge in [-0.25, -0.2) is 0 Å². The van der Waals surface area contributed by atoms with Crippen LogP contribution in [0.2, 0.25) is 0 Å². The van der Waals surface area contributed by atoms with Crippen LogP contribution in [-0.4, -0.2) is 32.1 Å². The zero-order chi connectivity index (χ0) is 13.5. The van der Waals surface area contributed by atoms with Crippen LogP contribution < -0.4 is 4.90 Å². The maximum absolute atomic E-state index is 11.4. The van der Waals surface area contributed by atoms with Gasteiger partial charge in [0, 0.05) is 35.4 Å². The number of ether oxygens (including phenoxy) is 1. The number of nitrogens with zero attached hydrogens (tertiary/aromatic N) is 1. The Morgan fingerprint density at radius 3 is 2.61 bits per heavy atom. The quantitative estimate of drug-likeness (QED) is 0.570. The molecule has 0 saturated heterocycles. The molecule has 0 unspecified atom stereocenters. The van der Waals surface area contributed by atoms with Gasteiger partial charge in [-0.15, -0.1) is 0 Å². The van der Waals surface area contributed by atoms with Crippen molar-refractivity contribution in [3.8, 4) is 0 Å². The van der Waals surface area contributed by atoms with Crippen LogP contribution in [0.5, 0.6) is 0 Å². The van der Waals surface area contributed by atoms with Crippen molar-refractivity contribution in [3.05, 3.63) is 28.2 Å². The van der Waals surface area contributed by atoms with Gasteiger partial charge in [0.15, 0.2) is 5.78 Å². The molecule has 0 aliphatic rings. The molecule has 0 heterocycles. The van der Waals surface area contributed by atoms with E-state index in [1.54, 1.807) is 6.92 Å². The number of anilines is 1. The lowest BCUT2D eigenvalue weighted by molar-refractivity contribution is 0.101. The second-order valence-corrected chi connectivity index (χ2v) is 4.85. The SMILES string of the molecule is CCOCCN(CC)c1ccc(C(C)=O)c(Br)c1. The van der Waals surface area contributed by atoms with Gasteiger partial charge in [0.05, 0.1) is 6.61 Å². The molecule has 4 heteroatoms. The minimum absolute atomic E-state index is 0.0748. The fourth-order valence-corrected chi connectivity index (χ4v) is 2.42. The molecule has 3 nitrogen and oxygen atoms in total. The van der Waals surface area contributed by atoms with Crippen molar-refractivity contribution in [2.24, 2.45) is 0 Å². The molecular weight excluding hydrogens is 294 g/mol. The zero-order valence-corrected chi connectivity index (χ0v) is 12.8. The molecule has 0 aromatic heterocycles. The van der Waals surface area contributed by atoms with Gasteiger partial charge in [0.25, 0.3) is 0 Å². The number of likely N-dealkylation sites (N-methyl/N-ethyl adjacent to an activating group) is 1. The Bertz CT molecular complexity index is 407. The summed E-state index contributed by atoms with van der Waals surface area (Å²) >= 11 is 3.45. The van der Waals surface area contributed by atoms with E-state index in [2.05, 4.69) is 27.8 Å². The number of hydrogen-bond acceptors (Lipinski definition) is 3. The van der Waals surface area contributed by atoms with Crippen molar-refractivity contribution < 1.29 is 9.53 Å². The number of Topliss-reactive ketones (excluding diaryl/α,β-unsaturated/α-hetero) is 1. The summed E-state index contributed by atoms with van der Waals surface area (Å²) in [6.07, 6.45) is 0. The summed E-state index contributed by atoms with van der Waals surface area (Å²) in [6.45, 7) is 8.91. The molecule has 0 amide bonds. The number of benzene rings is 1. The Balaban J connectivity index is 2.80. The Hall–Kier alpha value is -0.870. The first-order valence-corrected chi connectivity index (χ1v) is 7.02. The van der Waals surface area contributed by atoms with E-state index >= 15 is 0 Å². The normalized spacial score (nSPS) is 10.4. The van der Waals surface area contributed by atoms with E-state index in [4.69, 9.17) is 4.74 Å². The summed E-state index contributed by atoms with van der Waals surface area (Å²) < 4.78 is 6.22. The predicted molar refractivity (Wildman–Crippen MR) is 78.5 cm³/mol. The lowest BCUT2D eigenvalue weighted by atomic mass is 10.1. The lowest BCUT2D eigenvalue weighted by Crippen LogP contribution is -2.27. The molecule has 0 atom stereocenters. The third kappa shape index (κ3) is 4.10. The van der Waals surface area contributed by atoms with Crippen LogP contribution in [0.1, 0.15) is 31.1 Å². The maximum atomic E-state index is 11.4. The monoisotopic (exact) mass is 313 g/mol. The Morgan fingerprint density at radius 2 is 2.11 bits per heavy atom. The minimum atomic E-state index is 0.0748. The molecule has 1 aromatic carbocycles. The van der Waals surface area contributed by atoms with Crippen LogP contribution in [0.25, 0.3) is 0 Å². The fourth-order valence-electron chi connectivity index (χ4n) is 1.78. The molecule has 0 fully saturated rings. The smallest absolute Gasteiger partial charge is 0.160 e. The summed E-state index contributed by atoms with van der Waals surface area (Å²) in [7, 11) is 0. The second-order valence-electron chi connectivity index (χ2n) is 4.00. The van der Waals surface area contributed by atoms with E-state index in [-0.39, 0.29) is 5.78 Å². The summed E-state index contributed by atoms with van der Waals surface area (Å²) in [6, 6.07) is 5.84. The molecule has 0 aliphatic carbocycles. The van der Waals surface area contributed by atoms with E-state index in [9.17, 15) is 4.79 Å². The summed E-state index contributed by atoms with van der Waals surface area (Å²) in [4.78, 5) is 13.6. The first kappa shape index (κ1) is 15.2. The van der Waals surface area contributed by atoms with E-state index in [1.165, 1.54) is 0 Å². The van der Waals surface area contributed by atoms with E-state index in [1.807, 2.05) is 25.1 Å². The van der Waals surface area contributed by atoms with Gasteiger partial charge in [-0.1, -0.05) is 0 Å². The van der Waals surface area contributed by atoms with Crippen molar-refractivity contribution in [2.45, 2.75) is 20.8 Å². The number of carbonyl (C=O) groups excluding carboxylic acids is 1. The number of ketones is 1. The molecule has 18 heavy (non-hydrogen) atoms. The summed E-state index contributed by atoms with van der Waals surface area (Å²) in [5, 5.41) is 0. The van der Waals surface area contributed by atoms with Gasteiger partial charge in [0.2, 0.25) is 0 Å². The van der Waals surface area contributed by atoms with E-state index < -0.39 is 0 Å². The van der Waals surface area contributed by atoms with Crippen LogP contribution in [-0.2, 0) is 4.74 Å². The summed E-state index contributed by atoms with van der Waals surface area (Å²) in [5.41, 5.74) is 1.83. The molecule has 1 rings (SSSR count). The number of hydrogen-bond donors (Lipinski definition) is 0. The van der Waals surface area contributed by atoms with Crippen LogP contribution in [0.4, 0.5) is 5.69 Å². The first-order chi connectivity index (χ1) is 8.60. The van der Waals surface area contributed by atoms with Gasteiger partial charge in [-0.05, 0) is 54.9 Å². The second kappa shape index (κ2) is 7.54. The molecule has 100 valence electrons. The van der Waals surface area contributed by atoms with Crippen molar-refractivity contribution >= 4 is 27.4 Å². The van der Waals surface area contributed by atoms with E-state index in [0.717, 1.165) is 42.0 Å². The van der Waals surface area contributed by atoms with Crippen molar-refractivity contribution in [3.63, 3.8) is 0 Å². The highest BCUT2D eigenvalue weighted by Gasteiger charge is 2.09. The molecular formula is C14H20BrNO2. The number of carbonyl (C=O) groups is 1. The summed E-state index contributed by atoms with van der Waals surface area (Å²) in [5.74, 6) is 0.0748. The first-order valence-electron chi connectivity index (χ1n) is 6.23. The Labute approximate surface area is 117 Å². The van der Waals surface area contributed by atoms with E-state index in [0.29, 0.717) is 0 Å². The van der Waals surface area contributed by atoms with Crippen molar-refractivity contribution in [1.29, 1.82) is 0 Å². The van der Waals surface area contributed by atoms with Gasteiger partial charge in [0.1, 0.15) is 0 Å². The zero-order valence-electron chi connectivity index (χ0n) is 11.2. The molecule has 1 aromatic rings. The highest BCUT2D eigenvalue weighted by molar-refractivity contribution is 9.10. The van der Waals surface area contributed by atoms with Gasteiger partial charge in [-0.3, -0.25) is 4.79 Å². The molecule has 0 spiro atoms. The molecule has 0 radical (unpaired) electrons. The maximum Gasteiger partial charge on any atom is 0.160 e. The van der Waals surface area contributed by atoms with Crippen LogP contribution in [0, 0.1) is 0 Å². The largest absolute Gasteiger partial charge is 0.380 e. The third-order valence-electron chi connectivity index (χ3n) is 2.79. The number of rotatable bonds is 7. The third-order valence-corrected chi connectivity index (χ3v) is 3.44. The lowest BCUT2D eigenvalue weighted by Gasteiger charge is -2.23. The van der Waals surface area contributed by atoms with Gasteiger partial charge >= 0.3 is 0 Å². The molecule has 0 saturated carbocycles. The van der Waals surface area contributed by atoms with Crippen LogP contribution in [0.15, 0.2) is 22.7 Å².